The number of nitrogens with zero attached hydrogens (tertiary/aromatic N) is 1. The summed E-state index contributed by atoms with van der Waals surface area (Å²) in [7, 11) is 0. The van der Waals surface area contributed by atoms with Crippen LogP contribution in [0.2, 0.25) is 0 Å². The predicted octanol–water partition coefficient (Wildman–Crippen LogP) is 9.18. The molecule has 35 heavy (non-hydrogen) atoms. The van der Waals surface area contributed by atoms with Crippen molar-refractivity contribution < 1.29 is 0 Å². The third-order valence-electron chi connectivity index (χ3n) is 7.85. The SMILES string of the molecule is C1=CCC(c2cc3c4c5c(cccc25)-c2ccccc2-c2cccc(c24)n3-c2ccccc2)C=C1. The van der Waals surface area contributed by atoms with Gasteiger partial charge in [0, 0.05) is 22.4 Å². The smallest absolute Gasteiger partial charge is 0.0550 e. The third kappa shape index (κ3) is 2.53. The van der Waals surface area contributed by atoms with E-state index in [0.717, 1.165) is 6.42 Å². The second-order valence-corrected chi connectivity index (χ2v) is 9.66. The molecule has 0 aliphatic heterocycles. The lowest BCUT2D eigenvalue weighted by Crippen LogP contribution is -2.00. The molecule has 8 rings (SSSR count). The Bertz CT molecular complexity index is 1860. The highest BCUT2D eigenvalue weighted by atomic mass is 15.0. The van der Waals surface area contributed by atoms with Crippen molar-refractivity contribution in [3.63, 3.8) is 0 Å². The molecule has 5 aromatic carbocycles. The van der Waals surface area contributed by atoms with Crippen molar-refractivity contribution in [2.45, 2.75) is 12.3 Å². The highest BCUT2D eigenvalue weighted by Crippen LogP contribution is 2.51. The zero-order chi connectivity index (χ0) is 22.9. The van der Waals surface area contributed by atoms with Gasteiger partial charge in [-0.15, -0.1) is 0 Å². The molecule has 1 heterocycles. The molecule has 6 aromatic rings. The van der Waals surface area contributed by atoms with E-state index in [1.165, 1.54) is 66.1 Å². The molecule has 1 atom stereocenters. The predicted molar refractivity (Wildman–Crippen MR) is 148 cm³/mol. The van der Waals surface area contributed by atoms with E-state index < -0.39 is 0 Å². The minimum Gasteiger partial charge on any atom is -0.309 e. The van der Waals surface area contributed by atoms with Gasteiger partial charge in [-0.1, -0.05) is 97.1 Å². The molecule has 1 heteroatoms. The quantitative estimate of drug-likeness (QED) is 0.250. The number of rotatable bonds is 2. The van der Waals surface area contributed by atoms with Crippen LogP contribution in [0, 0.1) is 0 Å². The average Bonchev–Trinajstić information content (AvgIpc) is 3.21. The van der Waals surface area contributed by atoms with E-state index in [1.807, 2.05) is 0 Å². The Balaban J connectivity index is 1.67. The lowest BCUT2D eigenvalue weighted by Gasteiger charge is -2.20. The Morgan fingerprint density at radius 2 is 1.29 bits per heavy atom. The van der Waals surface area contributed by atoms with Crippen molar-refractivity contribution in [2.24, 2.45) is 0 Å². The van der Waals surface area contributed by atoms with E-state index in [-0.39, 0.29) is 0 Å². The largest absolute Gasteiger partial charge is 0.309 e. The van der Waals surface area contributed by atoms with E-state index in [1.54, 1.807) is 0 Å². The molecule has 0 bridgehead atoms. The first-order chi connectivity index (χ1) is 17.4. The van der Waals surface area contributed by atoms with Crippen LogP contribution in [0.15, 0.2) is 121 Å². The molecule has 0 fully saturated rings. The van der Waals surface area contributed by atoms with Crippen molar-refractivity contribution in [2.75, 3.05) is 0 Å². The van der Waals surface area contributed by atoms with Gasteiger partial charge in [-0.3, -0.25) is 0 Å². The van der Waals surface area contributed by atoms with Crippen LogP contribution in [0.1, 0.15) is 17.9 Å². The first kappa shape index (κ1) is 19.0. The lowest BCUT2D eigenvalue weighted by atomic mass is 9.85. The normalized spacial score (nSPS) is 15.9. The highest BCUT2D eigenvalue weighted by Gasteiger charge is 2.26. The van der Waals surface area contributed by atoms with Crippen molar-refractivity contribution in [3.8, 4) is 27.9 Å². The molecular weight excluding hydrogens is 422 g/mol. The Morgan fingerprint density at radius 1 is 0.571 bits per heavy atom. The van der Waals surface area contributed by atoms with E-state index in [4.69, 9.17) is 0 Å². The Kier molecular flexibility index (Phi) is 3.84. The van der Waals surface area contributed by atoms with Crippen molar-refractivity contribution >= 4 is 32.6 Å². The number of hydrogen-bond acceptors (Lipinski definition) is 0. The van der Waals surface area contributed by atoms with Crippen LogP contribution in [0.4, 0.5) is 0 Å². The molecule has 0 amide bonds. The molecule has 0 radical (unpaired) electrons. The summed E-state index contributed by atoms with van der Waals surface area (Å²) in [5.41, 5.74) is 10.5. The van der Waals surface area contributed by atoms with Crippen LogP contribution in [0.5, 0.6) is 0 Å². The molecule has 0 spiro atoms. The molecule has 1 aromatic heterocycles. The van der Waals surface area contributed by atoms with Gasteiger partial charge in [0.2, 0.25) is 0 Å². The minimum atomic E-state index is 0.375. The zero-order valence-corrected chi connectivity index (χ0v) is 19.3. The van der Waals surface area contributed by atoms with Crippen LogP contribution < -0.4 is 0 Å². The van der Waals surface area contributed by atoms with E-state index in [2.05, 4.69) is 126 Å². The molecule has 1 nitrogen and oxygen atoms in total. The van der Waals surface area contributed by atoms with Crippen LogP contribution in [0.3, 0.4) is 0 Å². The van der Waals surface area contributed by atoms with Gasteiger partial charge in [-0.05, 0) is 69.3 Å². The van der Waals surface area contributed by atoms with Crippen LogP contribution >= 0.6 is 0 Å². The monoisotopic (exact) mass is 445 g/mol. The molecule has 1 unspecified atom stereocenters. The number of aromatic nitrogens is 1. The Labute approximate surface area is 204 Å². The van der Waals surface area contributed by atoms with Gasteiger partial charge < -0.3 is 4.57 Å². The number of hydrogen-bond donors (Lipinski definition) is 0. The summed E-state index contributed by atoms with van der Waals surface area (Å²) in [5, 5.41) is 5.50. The second kappa shape index (κ2) is 7.07. The Hall–Kier alpha value is -4.36. The number of allylic oxidation sites excluding steroid dienone is 4. The molecular formula is C34H23N. The summed E-state index contributed by atoms with van der Waals surface area (Å²) < 4.78 is 2.48. The maximum absolute atomic E-state index is 2.48. The first-order valence-corrected chi connectivity index (χ1v) is 12.4. The summed E-state index contributed by atoms with van der Waals surface area (Å²) in [4.78, 5) is 0. The van der Waals surface area contributed by atoms with Gasteiger partial charge in [0.1, 0.15) is 0 Å². The summed E-state index contributed by atoms with van der Waals surface area (Å²) in [6.45, 7) is 0. The van der Waals surface area contributed by atoms with Gasteiger partial charge in [0.05, 0.1) is 11.0 Å². The number of fused-ring (bicyclic) bond motifs is 3. The van der Waals surface area contributed by atoms with Crippen LogP contribution in [0.25, 0.3) is 60.5 Å². The molecule has 0 N–H and O–H groups in total. The van der Waals surface area contributed by atoms with Crippen molar-refractivity contribution in [1.29, 1.82) is 0 Å². The third-order valence-corrected chi connectivity index (χ3v) is 7.85. The number of benzene rings is 5. The van der Waals surface area contributed by atoms with E-state index >= 15 is 0 Å². The van der Waals surface area contributed by atoms with E-state index in [9.17, 15) is 0 Å². The lowest BCUT2D eigenvalue weighted by molar-refractivity contribution is 0.862. The maximum atomic E-state index is 2.48. The van der Waals surface area contributed by atoms with Crippen molar-refractivity contribution in [1.82, 2.24) is 4.57 Å². The van der Waals surface area contributed by atoms with Crippen LogP contribution in [-0.2, 0) is 0 Å². The first-order valence-electron chi connectivity index (χ1n) is 12.4. The average molecular weight is 446 g/mol. The fraction of sp³-hybridized carbons (Fsp3) is 0.0588. The zero-order valence-electron chi connectivity index (χ0n) is 19.3. The van der Waals surface area contributed by atoms with Gasteiger partial charge in [-0.2, -0.15) is 0 Å². The summed E-state index contributed by atoms with van der Waals surface area (Å²) in [6, 6.07) is 35.9. The summed E-state index contributed by atoms with van der Waals surface area (Å²) in [5.74, 6) is 0.375. The van der Waals surface area contributed by atoms with Gasteiger partial charge >= 0.3 is 0 Å². The van der Waals surface area contributed by atoms with Gasteiger partial charge in [0.25, 0.3) is 0 Å². The fourth-order valence-corrected chi connectivity index (χ4v) is 6.41. The molecule has 0 saturated carbocycles. The fourth-order valence-electron chi connectivity index (χ4n) is 6.41. The Morgan fingerprint density at radius 3 is 2.06 bits per heavy atom. The van der Waals surface area contributed by atoms with Gasteiger partial charge in [0.15, 0.2) is 0 Å². The topological polar surface area (TPSA) is 4.93 Å². The summed E-state index contributed by atoms with van der Waals surface area (Å²) in [6.07, 6.45) is 10.1. The highest BCUT2D eigenvalue weighted by molar-refractivity contribution is 6.31. The van der Waals surface area contributed by atoms with E-state index in [0.29, 0.717) is 5.92 Å². The second-order valence-electron chi connectivity index (χ2n) is 9.66. The standard InChI is InChI=1S/C34H23N/c1-3-11-22(12-4-1)29-21-31-34-32-26(17-9-18-28(29)32)24-15-7-8-16-25(24)27-19-10-20-30(33(27)34)35(31)23-13-5-2-6-14-23/h1-11,13-22H,12H2. The molecule has 2 aliphatic carbocycles. The van der Waals surface area contributed by atoms with Crippen molar-refractivity contribution in [3.05, 3.63) is 127 Å². The maximum Gasteiger partial charge on any atom is 0.0550 e. The molecule has 164 valence electrons. The molecule has 2 aliphatic rings. The van der Waals surface area contributed by atoms with Crippen LogP contribution in [-0.4, -0.2) is 4.57 Å². The van der Waals surface area contributed by atoms with Gasteiger partial charge in [-0.25, -0.2) is 0 Å². The summed E-state index contributed by atoms with van der Waals surface area (Å²) >= 11 is 0. The minimum absolute atomic E-state index is 0.375. The number of para-hydroxylation sites is 1. The molecule has 0 saturated heterocycles.